The predicted molar refractivity (Wildman–Crippen MR) is 122 cm³/mol. The molecule has 6 nitrogen and oxygen atoms in total. The molecule has 1 heterocycles. The number of methoxy groups -OCH3 is 1. The van der Waals surface area contributed by atoms with E-state index in [0.29, 0.717) is 35.7 Å². The quantitative estimate of drug-likeness (QED) is 0.699. The topological polar surface area (TPSA) is 61.9 Å². The summed E-state index contributed by atoms with van der Waals surface area (Å²) in [6.07, 6.45) is 0. The summed E-state index contributed by atoms with van der Waals surface area (Å²) in [5.74, 6) is 0.304. The molecule has 0 bridgehead atoms. The van der Waals surface area contributed by atoms with Gasteiger partial charge in [0.1, 0.15) is 5.75 Å². The number of ether oxygens (including phenoxy) is 1. The van der Waals surface area contributed by atoms with E-state index in [0.717, 1.165) is 17.8 Å². The van der Waals surface area contributed by atoms with Crippen LogP contribution in [0.25, 0.3) is 0 Å². The molecule has 4 rings (SSSR count). The zero-order chi connectivity index (χ0) is 21.8. The number of amides is 2. The summed E-state index contributed by atoms with van der Waals surface area (Å²) >= 11 is 0. The Morgan fingerprint density at radius 1 is 0.903 bits per heavy atom. The fourth-order valence-electron chi connectivity index (χ4n) is 3.75. The van der Waals surface area contributed by atoms with Crippen molar-refractivity contribution in [1.29, 1.82) is 0 Å². The van der Waals surface area contributed by atoms with Crippen molar-refractivity contribution in [2.75, 3.05) is 37.5 Å². The summed E-state index contributed by atoms with van der Waals surface area (Å²) in [6.45, 7) is 1.87. The molecular weight excluding hydrogens is 390 g/mol. The number of hydrogen-bond donors (Lipinski definition) is 1. The number of anilines is 2. The van der Waals surface area contributed by atoms with E-state index < -0.39 is 0 Å². The monoisotopic (exact) mass is 415 g/mol. The Hall–Kier alpha value is -3.80. The summed E-state index contributed by atoms with van der Waals surface area (Å²) in [5, 5.41) is 2.89. The number of hydrogen-bond acceptors (Lipinski definition) is 4. The number of para-hydroxylation sites is 2. The lowest BCUT2D eigenvalue weighted by atomic mass is 10.1. The summed E-state index contributed by atoms with van der Waals surface area (Å²) in [6, 6.07) is 22.1. The molecule has 0 atom stereocenters. The Morgan fingerprint density at radius 3 is 2.39 bits per heavy atom. The number of nitrogens with one attached hydrogen (secondary N) is 1. The van der Waals surface area contributed by atoms with Gasteiger partial charge in [-0.1, -0.05) is 30.3 Å². The molecule has 158 valence electrons. The molecular formula is C25H25N3O3. The van der Waals surface area contributed by atoms with E-state index in [4.69, 9.17) is 4.74 Å². The van der Waals surface area contributed by atoms with E-state index in [1.165, 1.54) is 0 Å². The highest BCUT2D eigenvalue weighted by molar-refractivity contribution is 6.09. The molecule has 0 saturated carbocycles. The van der Waals surface area contributed by atoms with Crippen LogP contribution in [-0.4, -0.2) is 44.0 Å². The normalized spacial score (nSPS) is 13.2. The van der Waals surface area contributed by atoms with Gasteiger partial charge < -0.3 is 19.9 Å². The molecule has 0 unspecified atom stereocenters. The van der Waals surface area contributed by atoms with Gasteiger partial charge >= 0.3 is 0 Å². The van der Waals surface area contributed by atoms with E-state index in [9.17, 15) is 9.59 Å². The molecule has 1 N–H and O–H groups in total. The van der Waals surface area contributed by atoms with Crippen molar-refractivity contribution in [2.24, 2.45) is 0 Å². The van der Waals surface area contributed by atoms with Crippen LogP contribution < -0.4 is 15.0 Å². The average Bonchev–Trinajstić information content (AvgIpc) is 2.98. The Bertz CT molecular complexity index is 1100. The van der Waals surface area contributed by atoms with Crippen molar-refractivity contribution in [2.45, 2.75) is 6.54 Å². The fraction of sp³-hybridized carbons (Fsp3) is 0.200. The van der Waals surface area contributed by atoms with E-state index >= 15 is 0 Å². The van der Waals surface area contributed by atoms with Crippen LogP contribution in [0.3, 0.4) is 0 Å². The number of carbonyl (C=O) groups excluding carboxylic acids is 2. The largest absolute Gasteiger partial charge is 0.497 e. The second kappa shape index (κ2) is 8.92. The van der Waals surface area contributed by atoms with Crippen LogP contribution in [0.5, 0.6) is 5.75 Å². The maximum absolute atomic E-state index is 13.4. The highest BCUT2D eigenvalue weighted by Gasteiger charge is 2.24. The van der Waals surface area contributed by atoms with Crippen LogP contribution in [0.15, 0.2) is 72.8 Å². The zero-order valence-corrected chi connectivity index (χ0v) is 17.7. The van der Waals surface area contributed by atoms with Crippen LogP contribution in [0, 0.1) is 0 Å². The van der Waals surface area contributed by atoms with Crippen LogP contribution in [-0.2, 0) is 6.54 Å². The number of carbonyl (C=O) groups is 2. The summed E-state index contributed by atoms with van der Waals surface area (Å²) in [7, 11) is 3.62. The standard InChI is InChI=1S/C25H25N3O3/c1-27-15-16-28(17-19-7-3-6-10-23(19)27)25(30)21-8-4-5-9-22(21)26-24(29)18-11-13-20(31-2)14-12-18/h3-14H,15-17H2,1-2H3,(H,26,29). The van der Waals surface area contributed by atoms with Gasteiger partial charge in [0.2, 0.25) is 0 Å². The molecule has 0 aromatic heterocycles. The first-order valence-corrected chi connectivity index (χ1v) is 10.2. The Labute approximate surface area is 182 Å². The van der Waals surface area contributed by atoms with Crippen molar-refractivity contribution < 1.29 is 14.3 Å². The maximum atomic E-state index is 13.4. The number of fused-ring (bicyclic) bond motifs is 1. The van der Waals surface area contributed by atoms with Gasteiger partial charge in [0, 0.05) is 37.9 Å². The number of rotatable bonds is 4. The van der Waals surface area contributed by atoms with E-state index in [2.05, 4.69) is 22.3 Å². The van der Waals surface area contributed by atoms with E-state index in [1.54, 1.807) is 43.5 Å². The highest BCUT2D eigenvalue weighted by Crippen LogP contribution is 2.26. The van der Waals surface area contributed by atoms with Crippen molar-refractivity contribution in [3.8, 4) is 5.75 Å². The minimum Gasteiger partial charge on any atom is -0.497 e. The fourth-order valence-corrected chi connectivity index (χ4v) is 3.75. The smallest absolute Gasteiger partial charge is 0.256 e. The molecule has 31 heavy (non-hydrogen) atoms. The van der Waals surface area contributed by atoms with Gasteiger partial charge in [-0.2, -0.15) is 0 Å². The van der Waals surface area contributed by atoms with Crippen molar-refractivity contribution in [3.05, 3.63) is 89.5 Å². The molecule has 0 aliphatic carbocycles. The second-order valence-corrected chi connectivity index (χ2v) is 7.51. The maximum Gasteiger partial charge on any atom is 0.256 e. The third-order valence-corrected chi connectivity index (χ3v) is 5.51. The molecule has 2 amide bonds. The van der Waals surface area contributed by atoms with Gasteiger partial charge in [-0.25, -0.2) is 0 Å². The minimum atomic E-state index is -0.274. The highest BCUT2D eigenvalue weighted by atomic mass is 16.5. The van der Waals surface area contributed by atoms with Crippen molar-refractivity contribution >= 4 is 23.2 Å². The number of likely N-dealkylation sites (N-methyl/N-ethyl adjacent to an activating group) is 1. The number of benzene rings is 3. The van der Waals surface area contributed by atoms with Gasteiger partial charge in [0.05, 0.1) is 18.4 Å². The summed E-state index contributed by atoms with van der Waals surface area (Å²) in [5.41, 5.74) is 3.72. The molecule has 6 heteroatoms. The summed E-state index contributed by atoms with van der Waals surface area (Å²) in [4.78, 5) is 30.2. The zero-order valence-electron chi connectivity index (χ0n) is 17.7. The van der Waals surface area contributed by atoms with E-state index in [-0.39, 0.29) is 11.8 Å². The molecule has 0 radical (unpaired) electrons. The first kappa shape index (κ1) is 20.5. The van der Waals surface area contributed by atoms with Gasteiger partial charge in [0.15, 0.2) is 0 Å². The molecule has 0 spiro atoms. The Balaban J connectivity index is 1.56. The molecule has 3 aromatic rings. The Morgan fingerprint density at radius 2 is 1.61 bits per heavy atom. The lowest BCUT2D eigenvalue weighted by Crippen LogP contribution is -2.34. The van der Waals surface area contributed by atoms with Crippen LogP contribution in [0.1, 0.15) is 26.3 Å². The molecule has 1 aliphatic heterocycles. The number of nitrogens with zero attached hydrogens (tertiary/aromatic N) is 2. The minimum absolute atomic E-state index is 0.101. The SMILES string of the molecule is COc1ccc(C(=O)Nc2ccccc2C(=O)N2CCN(C)c3ccccc3C2)cc1. The third kappa shape index (κ3) is 4.38. The second-order valence-electron chi connectivity index (χ2n) is 7.51. The van der Waals surface area contributed by atoms with Crippen molar-refractivity contribution in [3.63, 3.8) is 0 Å². The van der Waals surface area contributed by atoms with Crippen LogP contribution in [0.4, 0.5) is 11.4 Å². The molecule has 0 fully saturated rings. The van der Waals surface area contributed by atoms with E-state index in [1.807, 2.05) is 36.2 Å². The molecule has 1 aliphatic rings. The van der Waals surface area contributed by atoms with Crippen molar-refractivity contribution in [1.82, 2.24) is 4.90 Å². The molecule has 0 saturated heterocycles. The van der Waals surface area contributed by atoms with Crippen LogP contribution in [0.2, 0.25) is 0 Å². The lowest BCUT2D eigenvalue weighted by Gasteiger charge is -2.22. The van der Waals surface area contributed by atoms with Gasteiger partial charge in [-0.05, 0) is 48.0 Å². The summed E-state index contributed by atoms with van der Waals surface area (Å²) < 4.78 is 5.14. The average molecular weight is 415 g/mol. The first-order valence-electron chi connectivity index (χ1n) is 10.2. The lowest BCUT2D eigenvalue weighted by molar-refractivity contribution is 0.0753. The predicted octanol–water partition coefficient (Wildman–Crippen LogP) is 4.04. The van der Waals surface area contributed by atoms with Gasteiger partial charge in [-0.3, -0.25) is 9.59 Å². The molecule has 3 aromatic carbocycles. The van der Waals surface area contributed by atoms with Crippen LogP contribution >= 0.6 is 0 Å². The first-order chi connectivity index (χ1) is 15.1. The van der Waals surface area contributed by atoms with Gasteiger partial charge in [-0.15, -0.1) is 0 Å². The van der Waals surface area contributed by atoms with Gasteiger partial charge in [0.25, 0.3) is 11.8 Å². The third-order valence-electron chi connectivity index (χ3n) is 5.51. The Kier molecular flexibility index (Phi) is 5.89.